The molecule has 0 fully saturated rings. The number of nitrogens with zero attached hydrogens (tertiary/aromatic N) is 3. The highest BCUT2D eigenvalue weighted by Gasteiger charge is 2.24. The maximum Gasteiger partial charge on any atom is 0.280 e. The first kappa shape index (κ1) is 20.3. The van der Waals surface area contributed by atoms with E-state index in [2.05, 4.69) is 15.4 Å². The van der Waals surface area contributed by atoms with E-state index >= 15 is 0 Å². The first-order chi connectivity index (χ1) is 13.2. The van der Waals surface area contributed by atoms with Crippen molar-refractivity contribution in [2.24, 2.45) is 0 Å². The van der Waals surface area contributed by atoms with Gasteiger partial charge in [-0.3, -0.25) is 4.79 Å². The summed E-state index contributed by atoms with van der Waals surface area (Å²) in [6.45, 7) is 0.982. The van der Waals surface area contributed by atoms with Crippen molar-refractivity contribution in [2.75, 3.05) is 5.32 Å². The number of nitrogens with one attached hydrogen (secondary N) is 1. The summed E-state index contributed by atoms with van der Waals surface area (Å²) in [6.07, 6.45) is -6.05. The van der Waals surface area contributed by atoms with Crippen LogP contribution in [-0.4, -0.2) is 20.7 Å². The number of hydrogen-bond acceptors (Lipinski definition) is 3. The molecule has 1 amide bonds. The fraction of sp³-hybridized carbons (Fsp3) is 0.235. The third-order valence-electron chi connectivity index (χ3n) is 3.91. The molecule has 0 aliphatic heterocycles. The second-order valence-electron chi connectivity index (χ2n) is 5.83. The number of anilines is 1. The van der Waals surface area contributed by atoms with Crippen LogP contribution >= 0.6 is 23.2 Å². The summed E-state index contributed by atoms with van der Waals surface area (Å²) in [5, 5.41) is 6.81. The highest BCUT2D eigenvalue weighted by atomic mass is 35.5. The molecular weight excluding hydrogens is 423 g/mol. The Morgan fingerprint density at radius 1 is 1.21 bits per heavy atom. The van der Waals surface area contributed by atoms with Crippen LogP contribution in [0.3, 0.4) is 0 Å². The Labute approximate surface area is 166 Å². The Morgan fingerprint density at radius 3 is 2.57 bits per heavy atom. The summed E-state index contributed by atoms with van der Waals surface area (Å²) in [5.41, 5.74) is -1.27. The third-order valence-corrected chi connectivity index (χ3v) is 4.72. The van der Waals surface area contributed by atoms with Crippen molar-refractivity contribution in [1.82, 2.24) is 14.8 Å². The number of aryl methyl sites for hydroxylation is 1. The van der Waals surface area contributed by atoms with Gasteiger partial charge in [-0.2, -0.15) is 5.10 Å². The molecule has 3 aromatic rings. The minimum atomic E-state index is -3.05. The zero-order valence-electron chi connectivity index (χ0n) is 14.2. The van der Waals surface area contributed by atoms with Crippen LogP contribution in [0.4, 0.5) is 23.2 Å². The molecule has 0 aliphatic carbocycles. The molecule has 0 atom stereocenters. The highest BCUT2D eigenvalue weighted by Crippen LogP contribution is 2.33. The molecule has 3 rings (SSSR count). The van der Waals surface area contributed by atoms with E-state index in [0.717, 1.165) is 4.68 Å². The number of carbonyl (C=O) groups is 1. The molecule has 5 nitrogen and oxygen atoms in total. The Morgan fingerprint density at radius 2 is 1.93 bits per heavy atom. The van der Waals surface area contributed by atoms with Gasteiger partial charge in [-0.25, -0.2) is 27.2 Å². The molecule has 0 spiro atoms. The predicted octanol–water partition coefficient (Wildman–Crippen LogP) is 5.56. The first-order valence-corrected chi connectivity index (χ1v) is 8.62. The molecule has 2 aromatic heterocycles. The van der Waals surface area contributed by atoms with Crippen molar-refractivity contribution in [2.45, 2.75) is 26.3 Å². The van der Waals surface area contributed by atoms with Gasteiger partial charge in [0.1, 0.15) is 12.2 Å². The third kappa shape index (κ3) is 3.90. The van der Waals surface area contributed by atoms with Gasteiger partial charge >= 0.3 is 0 Å². The van der Waals surface area contributed by atoms with E-state index in [9.17, 15) is 22.4 Å². The van der Waals surface area contributed by atoms with Crippen LogP contribution < -0.4 is 5.32 Å². The van der Waals surface area contributed by atoms with Crippen LogP contribution in [0.25, 0.3) is 11.0 Å². The number of carbonyl (C=O) groups excluding carboxylic acids is 1. The van der Waals surface area contributed by atoms with E-state index in [1.54, 1.807) is 6.07 Å². The molecule has 1 aromatic carbocycles. The molecule has 0 unspecified atom stereocenters. The first-order valence-electron chi connectivity index (χ1n) is 7.87. The van der Waals surface area contributed by atoms with Crippen LogP contribution in [-0.2, 0) is 11.3 Å². The molecule has 0 bridgehead atoms. The van der Waals surface area contributed by atoms with Crippen LogP contribution in [0, 0.1) is 6.92 Å². The van der Waals surface area contributed by atoms with Crippen LogP contribution in [0.15, 0.2) is 24.3 Å². The normalized spacial score (nSPS) is 11.6. The van der Waals surface area contributed by atoms with E-state index in [4.69, 9.17) is 23.2 Å². The lowest BCUT2D eigenvalue weighted by Gasteiger charge is -2.10. The number of amides is 1. The van der Waals surface area contributed by atoms with Crippen molar-refractivity contribution in [3.05, 3.63) is 51.3 Å². The van der Waals surface area contributed by atoms with Crippen molar-refractivity contribution >= 4 is 45.8 Å². The molecule has 148 valence electrons. The molecule has 2 heterocycles. The van der Waals surface area contributed by atoms with E-state index in [1.807, 2.05) is 0 Å². The van der Waals surface area contributed by atoms with E-state index < -0.39 is 36.6 Å². The van der Waals surface area contributed by atoms with Crippen molar-refractivity contribution in [3.8, 4) is 0 Å². The molecule has 0 saturated carbocycles. The van der Waals surface area contributed by atoms with E-state index in [1.165, 1.54) is 19.1 Å². The SMILES string of the molecule is Cc1nn(CC(=O)Nc2cccc(Cl)c2Cl)c2nc(C(F)F)cc(C(F)F)c12. The summed E-state index contributed by atoms with van der Waals surface area (Å²) < 4.78 is 53.8. The number of benzene rings is 1. The van der Waals surface area contributed by atoms with E-state index in [-0.39, 0.29) is 32.5 Å². The number of rotatable bonds is 5. The van der Waals surface area contributed by atoms with Crippen molar-refractivity contribution < 1.29 is 22.4 Å². The maximum absolute atomic E-state index is 13.3. The van der Waals surface area contributed by atoms with Gasteiger partial charge in [-0.05, 0) is 25.1 Å². The quantitative estimate of drug-likeness (QED) is 0.534. The Hall–Kier alpha value is -2.39. The molecule has 1 N–H and O–H groups in total. The van der Waals surface area contributed by atoms with Crippen LogP contribution in [0.5, 0.6) is 0 Å². The number of hydrogen-bond donors (Lipinski definition) is 1. The van der Waals surface area contributed by atoms with Crippen molar-refractivity contribution in [1.29, 1.82) is 0 Å². The largest absolute Gasteiger partial charge is 0.323 e. The Bertz CT molecular complexity index is 1060. The smallest absolute Gasteiger partial charge is 0.280 e. The average molecular weight is 435 g/mol. The topological polar surface area (TPSA) is 59.8 Å². The lowest BCUT2D eigenvalue weighted by Crippen LogP contribution is -2.20. The molecule has 0 aliphatic rings. The van der Waals surface area contributed by atoms with Gasteiger partial charge in [0.05, 0.1) is 26.8 Å². The van der Waals surface area contributed by atoms with Gasteiger partial charge in [-0.1, -0.05) is 29.3 Å². The number of fused-ring (bicyclic) bond motifs is 1. The highest BCUT2D eigenvalue weighted by molar-refractivity contribution is 6.43. The summed E-state index contributed by atoms with van der Waals surface area (Å²) in [7, 11) is 0. The number of aromatic nitrogens is 3. The average Bonchev–Trinajstić information content (AvgIpc) is 2.93. The minimum Gasteiger partial charge on any atom is -0.323 e. The van der Waals surface area contributed by atoms with Crippen LogP contribution in [0.2, 0.25) is 10.0 Å². The zero-order chi connectivity index (χ0) is 20.6. The molecule has 11 heteroatoms. The zero-order valence-corrected chi connectivity index (χ0v) is 15.7. The van der Waals surface area contributed by atoms with Gasteiger partial charge < -0.3 is 5.32 Å². The second kappa shape index (κ2) is 7.92. The fourth-order valence-electron chi connectivity index (χ4n) is 2.73. The maximum atomic E-state index is 13.3. The molecular formula is C17H12Cl2F4N4O. The number of alkyl halides is 4. The summed E-state index contributed by atoms with van der Waals surface area (Å²) in [5.74, 6) is -0.614. The Kier molecular flexibility index (Phi) is 5.76. The lowest BCUT2D eigenvalue weighted by atomic mass is 10.1. The van der Waals surface area contributed by atoms with E-state index in [0.29, 0.717) is 6.07 Å². The minimum absolute atomic E-state index is 0.0620. The van der Waals surface area contributed by atoms with Crippen LogP contribution in [0.1, 0.15) is 29.8 Å². The molecule has 0 saturated heterocycles. The van der Waals surface area contributed by atoms with Gasteiger partial charge in [0.2, 0.25) is 5.91 Å². The number of halogens is 6. The fourth-order valence-corrected chi connectivity index (χ4v) is 3.07. The number of pyridine rings is 1. The van der Waals surface area contributed by atoms with Gasteiger partial charge in [0.25, 0.3) is 12.9 Å². The summed E-state index contributed by atoms with van der Waals surface area (Å²) in [6, 6.07) is 5.28. The standard InChI is InChI=1S/C17H12Cl2F4N4O/c1-7-13-8(15(20)21)5-11(16(22)23)25-17(13)27(26-7)6-12(28)24-10-4-2-3-9(18)14(10)19/h2-5,15-16H,6H2,1H3,(H,24,28). The summed E-state index contributed by atoms with van der Waals surface area (Å²) in [4.78, 5) is 16.1. The molecule has 0 radical (unpaired) electrons. The van der Waals surface area contributed by atoms with Gasteiger partial charge in [0.15, 0.2) is 5.65 Å². The Balaban J connectivity index is 1.99. The van der Waals surface area contributed by atoms with Gasteiger partial charge in [-0.15, -0.1) is 0 Å². The van der Waals surface area contributed by atoms with Gasteiger partial charge in [0, 0.05) is 5.56 Å². The lowest BCUT2D eigenvalue weighted by molar-refractivity contribution is -0.116. The predicted molar refractivity (Wildman–Crippen MR) is 97.3 cm³/mol. The molecule has 28 heavy (non-hydrogen) atoms. The monoisotopic (exact) mass is 434 g/mol. The summed E-state index contributed by atoms with van der Waals surface area (Å²) >= 11 is 11.9. The second-order valence-corrected chi connectivity index (χ2v) is 6.61. The van der Waals surface area contributed by atoms with Crippen molar-refractivity contribution in [3.63, 3.8) is 0 Å².